The first kappa shape index (κ1) is 20.6. The van der Waals surface area contributed by atoms with Crippen molar-refractivity contribution in [1.29, 1.82) is 0 Å². The number of carbonyl (C=O) groups is 1. The van der Waals surface area contributed by atoms with Crippen LogP contribution in [0.25, 0.3) is 0 Å². The molecular weight excluding hydrogens is 394 g/mol. The third kappa shape index (κ3) is 4.64. The minimum atomic E-state index is -4.68. The Kier molecular flexibility index (Phi) is 5.71. The second-order valence-electron chi connectivity index (χ2n) is 6.68. The highest BCUT2D eigenvalue weighted by molar-refractivity contribution is 5.94. The molecule has 29 heavy (non-hydrogen) atoms. The van der Waals surface area contributed by atoms with Crippen molar-refractivity contribution in [3.63, 3.8) is 0 Å². The summed E-state index contributed by atoms with van der Waals surface area (Å²) in [6.07, 6.45) is -3.85. The van der Waals surface area contributed by atoms with Gasteiger partial charge in [-0.3, -0.25) is 14.9 Å². The van der Waals surface area contributed by atoms with Gasteiger partial charge in [-0.25, -0.2) is 4.39 Å². The Morgan fingerprint density at radius 2 is 1.79 bits per heavy atom. The van der Waals surface area contributed by atoms with E-state index in [9.17, 15) is 32.5 Å². The monoisotopic (exact) mass is 411 g/mol. The number of nitrogens with zero attached hydrogens (tertiary/aromatic N) is 2. The lowest BCUT2D eigenvalue weighted by molar-refractivity contribution is -0.384. The summed E-state index contributed by atoms with van der Waals surface area (Å²) in [6, 6.07) is 7.70. The molecule has 1 aliphatic heterocycles. The number of alkyl halides is 3. The van der Waals surface area contributed by atoms with E-state index in [2.05, 4.69) is 5.32 Å². The first-order chi connectivity index (χ1) is 13.7. The van der Waals surface area contributed by atoms with Crippen LogP contribution < -0.4 is 5.32 Å². The van der Waals surface area contributed by atoms with E-state index in [-0.39, 0.29) is 17.3 Å². The molecule has 1 heterocycles. The predicted octanol–water partition coefficient (Wildman–Crippen LogP) is 4.47. The number of carbonyl (C=O) groups excluding carboxylic acids is 1. The van der Waals surface area contributed by atoms with Crippen molar-refractivity contribution < 1.29 is 27.3 Å². The quantitative estimate of drug-likeness (QED) is 0.458. The Bertz CT molecular complexity index is 925. The van der Waals surface area contributed by atoms with Crippen molar-refractivity contribution >= 4 is 17.3 Å². The van der Waals surface area contributed by atoms with Crippen LogP contribution in [0.3, 0.4) is 0 Å². The lowest BCUT2D eigenvalue weighted by atomic mass is 10.0. The fourth-order valence-corrected chi connectivity index (χ4v) is 3.23. The summed E-state index contributed by atoms with van der Waals surface area (Å²) in [4.78, 5) is 24.2. The molecule has 1 N–H and O–H groups in total. The van der Waals surface area contributed by atoms with Gasteiger partial charge < -0.3 is 10.2 Å². The molecule has 1 saturated heterocycles. The largest absolute Gasteiger partial charge is 0.416 e. The highest BCUT2D eigenvalue weighted by Gasteiger charge is 2.33. The molecule has 0 radical (unpaired) electrons. The van der Waals surface area contributed by atoms with Crippen LogP contribution in [0.2, 0.25) is 0 Å². The molecule has 0 atom stereocenters. The molecular formula is C19H17F4N3O3. The molecule has 0 aliphatic carbocycles. The molecule has 0 aromatic heterocycles. The lowest BCUT2D eigenvalue weighted by Gasteiger charge is -2.33. The summed E-state index contributed by atoms with van der Waals surface area (Å²) >= 11 is 0. The van der Waals surface area contributed by atoms with Crippen molar-refractivity contribution in [2.45, 2.75) is 25.1 Å². The number of rotatable bonds is 4. The van der Waals surface area contributed by atoms with Gasteiger partial charge in [-0.05, 0) is 37.1 Å². The molecule has 0 bridgehead atoms. The number of amides is 1. The van der Waals surface area contributed by atoms with Crippen molar-refractivity contribution in [1.82, 2.24) is 4.90 Å². The Labute approximate surface area is 163 Å². The summed E-state index contributed by atoms with van der Waals surface area (Å²) in [5.74, 6) is -1.06. The van der Waals surface area contributed by atoms with Gasteiger partial charge in [-0.1, -0.05) is 12.1 Å². The average Bonchev–Trinajstić information content (AvgIpc) is 2.67. The van der Waals surface area contributed by atoms with Crippen LogP contribution in [-0.2, 0) is 6.18 Å². The van der Waals surface area contributed by atoms with Crippen LogP contribution in [0.5, 0.6) is 0 Å². The number of nitrogens with one attached hydrogen (secondary N) is 1. The van der Waals surface area contributed by atoms with Gasteiger partial charge in [-0.15, -0.1) is 0 Å². The van der Waals surface area contributed by atoms with E-state index in [4.69, 9.17) is 0 Å². The zero-order chi connectivity index (χ0) is 21.2. The van der Waals surface area contributed by atoms with E-state index in [1.165, 1.54) is 23.1 Å². The minimum Gasteiger partial charge on any atom is -0.377 e. The highest BCUT2D eigenvalue weighted by Crippen LogP contribution is 2.35. The number of benzene rings is 2. The van der Waals surface area contributed by atoms with E-state index < -0.39 is 34.1 Å². The van der Waals surface area contributed by atoms with E-state index >= 15 is 0 Å². The van der Waals surface area contributed by atoms with Gasteiger partial charge in [0.25, 0.3) is 11.6 Å². The summed E-state index contributed by atoms with van der Waals surface area (Å²) in [6.45, 7) is 0.582. The van der Waals surface area contributed by atoms with Gasteiger partial charge in [0.05, 0.1) is 16.1 Å². The summed E-state index contributed by atoms with van der Waals surface area (Å²) in [7, 11) is 0. The third-order valence-corrected chi connectivity index (χ3v) is 4.77. The maximum absolute atomic E-state index is 13.8. The fraction of sp³-hybridized carbons (Fsp3) is 0.316. The van der Waals surface area contributed by atoms with E-state index in [0.29, 0.717) is 32.0 Å². The van der Waals surface area contributed by atoms with Crippen LogP contribution >= 0.6 is 0 Å². The maximum Gasteiger partial charge on any atom is 0.416 e. The first-order valence-corrected chi connectivity index (χ1v) is 8.83. The number of anilines is 1. The van der Waals surface area contributed by atoms with Gasteiger partial charge in [0.1, 0.15) is 11.5 Å². The Morgan fingerprint density at radius 1 is 1.14 bits per heavy atom. The van der Waals surface area contributed by atoms with Crippen molar-refractivity contribution in [3.8, 4) is 0 Å². The number of halogens is 4. The lowest BCUT2D eigenvalue weighted by Crippen LogP contribution is -2.42. The van der Waals surface area contributed by atoms with Gasteiger partial charge in [0, 0.05) is 25.2 Å². The molecule has 0 spiro atoms. The minimum absolute atomic E-state index is 0.0121. The Morgan fingerprint density at radius 3 is 2.38 bits per heavy atom. The number of hydrogen-bond donors (Lipinski definition) is 1. The van der Waals surface area contributed by atoms with Gasteiger partial charge in [0.2, 0.25) is 0 Å². The van der Waals surface area contributed by atoms with E-state index in [0.717, 1.165) is 12.1 Å². The molecule has 154 valence electrons. The number of nitro benzene ring substituents is 1. The number of nitro groups is 1. The molecule has 1 fully saturated rings. The molecule has 0 unspecified atom stereocenters. The number of hydrogen-bond acceptors (Lipinski definition) is 4. The first-order valence-electron chi connectivity index (χ1n) is 8.83. The zero-order valence-corrected chi connectivity index (χ0v) is 15.1. The normalized spacial score (nSPS) is 15.2. The second-order valence-corrected chi connectivity index (χ2v) is 6.68. The third-order valence-electron chi connectivity index (χ3n) is 4.77. The standard InChI is InChI=1S/C19H17F4N3O3/c20-15-4-2-1-3-14(15)18(27)25-9-7-13(8-10-25)24-16-6-5-12(19(21,22)23)11-17(16)26(28)29/h1-6,11,13,24H,7-10H2. The molecule has 10 heteroatoms. The predicted molar refractivity (Wildman–Crippen MR) is 97.0 cm³/mol. The van der Waals surface area contributed by atoms with Crippen LogP contribution in [0.1, 0.15) is 28.8 Å². The van der Waals surface area contributed by atoms with Crippen molar-refractivity contribution in [3.05, 3.63) is 69.5 Å². The maximum atomic E-state index is 13.8. The van der Waals surface area contributed by atoms with E-state index in [1.807, 2.05) is 0 Å². The SMILES string of the molecule is O=C(c1ccccc1F)N1CCC(Nc2ccc(C(F)(F)F)cc2[N+](=O)[O-])CC1. The molecule has 1 amide bonds. The van der Waals surface area contributed by atoms with Crippen LogP contribution in [0.15, 0.2) is 42.5 Å². The van der Waals surface area contributed by atoms with E-state index in [1.54, 1.807) is 6.07 Å². The van der Waals surface area contributed by atoms with Gasteiger partial charge in [-0.2, -0.15) is 13.2 Å². The molecule has 2 aromatic rings. The van der Waals surface area contributed by atoms with Crippen molar-refractivity contribution in [2.24, 2.45) is 0 Å². The van der Waals surface area contributed by atoms with Gasteiger partial charge >= 0.3 is 6.18 Å². The van der Waals surface area contributed by atoms with Gasteiger partial charge in [0.15, 0.2) is 0 Å². The Balaban J connectivity index is 1.67. The smallest absolute Gasteiger partial charge is 0.377 e. The van der Waals surface area contributed by atoms with Crippen LogP contribution in [-0.4, -0.2) is 34.9 Å². The molecule has 6 nitrogen and oxygen atoms in total. The van der Waals surface area contributed by atoms with Crippen molar-refractivity contribution in [2.75, 3.05) is 18.4 Å². The summed E-state index contributed by atoms with van der Waals surface area (Å²) < 4.78 is 52.2. The second kappa shape index (κ2) is 8.06. The number of likely N-dealkylation sites (tertiary alicyclic amines) is 1. The summed E-state index contributed by atoms with van der Waals surface area (Å²) in [5, 5.41) is 14.1. The fourth-order valence-electron chi connectivity index (χ4n) is 3.23. The highest BCUT2D eigenvalue weighted by atomic mass is 19.4. The molecule has 0 saturated carbocycles. The Hall–Kier alpha value is -3.17. The molecule has 2 aromatic carbocycles. The summed E-state index contributed by atoms with van der Waals surface area (Å²) in [5.41, 5.74) is -1.80. The molecule has 1 aliphatic rings. The zero-order valence-electron chi connectivity index (χ0n) is 15.1. The topological polar surface area (TPSA) is 75.5 Å². The van der Waals surface area contributed by atoms with Crippen LogP contribution in [0.4, 0.5) is 28.9 Å². The molecule has 3 rings (SSSR count). The average molecular weight is 411 g/mol. The number of piperidine rings is 1. The van der Waals surface area contributed by atoms with Crippen LogP contribution in [0, 0.1) is 15.9 Å².